The maximum Gasteiger partial charge on any atom is 0.453 e. The number of benzene rings is 1. The molecule has 1 amide bonds. The number of tetrazole rings is 1. The SMILES string of the molecule is Cc1cc(C#N)cc(C(=O)O)c1NC(=O)c1cc(Cn2nnnc2C(F)(F)F)nn1-c1ncccc1Cl. The molecule has 4 aromatic rings. The Balaban J connectivity index is 1.79. The van der Waals surface area contributed by atoms with Crippen LogP contribution in [-0.4, -0.2) is 52.0 Å². The molecule has 37 heavy (non-hydrogen) atoms. The van der Waals surface area contributed by atoms with E-state index in [9.17, 15) is 27.9 Å². The van der Waals surface area contributed by atoms with E-state index in [0.717, 1.165) is 10.7 Å². The molecule has 12 nitrogen and oxygen atoms in total. The predicted molar refractivity (Wildman–Crippen MR) is 119 cm³/mol. The van der Waals surface area contributed by atoms with E-state index in [-0.39, 0.29) is 44.6 Å². The summed E-state index contributed by atoms with van der Waals surface area (Å²) < 4.78 is 41.1. The molecule has 0 fully saturated rings. The molecule has 0 spiro atoms. The highest BCUT2D eigenvalue weighted by Crippen LogP contribution is 2.28. The Morgan fingerprint density at radius 1 is 1.27 bits per heavy atom. The number of halogens is 4. The molecule has 0 radical (unpaired) electrons. The third kappa shape index (κ3) is 5.09. The van der Waals surface area contributed by atoms with E-state index in [4.69, 9.17) is 16.9 Å². The number of carbonyl (C=O) groups excluding carboxylic acids is 1. The van der Waals surface area contributed by atoms with Gasteiger partial charge in [-0.05, 0) is 53.2 Å². The first kappa shape index (κ1) is 25.3. The third-order valence-corrected chi connectivity index (χ3v) is 5.26. The molecule has 3 heterocycles. The lowest BCUT2D eigenvalue weighted by Gasteiger charge is -2.13. The molecule has 0 aliphatic rings. The number of alkyl halides is 3. The molecule has 0 saturated heterocycles. The summed E-state index contributed by atoms with van der Waals surface area (Å²) in [7, 11) is 0. The van der Waals surface area contributed by atoms with E-state index in [2.05, 4.69) is 30.9 Å². The number of nitrogens with one attached hydrogen (secondary N) is 1. The fraction of sp³-hybridized carbons (Fsp3) is 0.143. The zero-order valence-electron chi connectivity index (χ0n) is 18.5. The molecule has 16 heteroatoms. The van der Waals surface area contributed by atoms with Gasteiger partial charge in [0, 0.05) is 6.20 Å². The van der Waals surface area contributed by atoms with Crippen molar-refractivity contribution < 1.29 is 27.9 Å². The number of carboxylic acids is 1. The van der Waals surface area contributed by atoms with Crippen molar-refractivity contribution in [1.82, 2.24) is 35.0 Å². The van der Waals surface area contributed by atoms with Crippen molar-refractivity contribution in [3.8, 4) is 11.9 Å². The van der Waals surface area contributed by atoms with Crippen molar-refractivity contribution in [3.63, 3.8) is 0 Å². The Kier molecular flexibility index (Phi) is 6.60. The Morgan fingerprint density at radius 2 is 2.03 bits per heavy atom. The summed E-state index contributed by atoms with van der Waals surface area (Å²) in [5, 5.41) is 34.8. The van der Waals surface area contributed by atoms with Crippen LogP contribution in [0.2, 0.25) is 5.02 Å². The molecule has 0 aliphatic heterocycles. The van der Waals surface area contributed by atoms with E-state index in [0.29, 0.717) is 4.68 Å². The summed E-state index contributed by atoms with van der Waals surface area (Å²) in [6.45, 7) is 0.938. The number of aromatic carboxylic acids is 1. The summed E-state index contributed by atoms with van der Waals surface area (Å²) in [5.41, 5.74) is -0.344. The van der Waals surface area contributed by atoms with Crippen molar-refractivity contribution in [2.75, 3.05) is 5.32 Å². The smallest absolute Gasteiger partial charge is 0.453 e. The number of nitriles is 1. The average Bonchev–Trinajstić information content (AvgIpc) is 3.47. The Hall–Kier alpha value is -4.84. The maximum absolute atomic E-state index is 13.3. The summed E-state index contributed by atoms with van der Waals surface area (Å²) in [4.78, 5) is 29.2. The Bertz CT molecular complexity index is 1570. The van der Waals surface area contributed by atoms with Gasteiger partial charge in [-0.2, -0.15) is 23.5 Å². The first-order chi connectivity index (χ1) is 17.5. The second-order valence-corrected chi connectivity index (χ2v) is 7.89. The highest BCUT2D eigenvalue weighted by atomic mass is 35.5. The molecule has 4 rings (SSSR count). The van der Waals surface area contributed by atoms with Crippen LogP contribution in [0.15, 0.2) is 36.5 Å². The highest BCUT2D eigenvalue weighted by Gasteiger charge is 2.38. The average molecular weight is 532 g/mol. The van der Waals surface area contributed by atoms with Gasteiger partial charge >= 0.3 is 12.1 Å². The lowest BCUT2D eigenvalue weighted by molar-refractivity contribution is -0.147. The minimum Gasteiger partial charge on any atom is -0.478 e. The van der Waals surface area contributed by atoms with Gasteiger partial charge in [0.15, 0.2) is 5.82 Å². The van der Waals surface area contributed by atoms with Gasteiger partial charge in [-0.3, -0.25) is 4.79 Å². The van der Waals surface area contributed by atoms with Crippen molar-refractivity contribution in [3.05, 3.63) is 75.5 Å². The van der Waals surface area contributed by atoms with Crippen LogP contribution < -0.4 is 5.32 Å². The molecular weight excluding hydrogens is 519 g/mol. The van der Waals surface area contributed by atoms with Gasteiger partial charge in [-0.1, -0.05) is 11.6 Å². The summed E-state index contributed by atoms with van der Waals surface area (Å²) in [6, 6.07) is 8.47. The number of anilines is 1. The Morgan fingerprint density at radius 3 is 2.68 bits per heavy atom. The zero-order chi connectivity index (χ0) is 26.9. The molecule has 2 N–H and O–H groups in total. The van der Waals surface area contributed by atoms with Crippen LogP contribution in [0.1, 0.15) is 43.5 Å². The number of hydrogen-bond acceptors (Lipinski definition) is 8. The zero-order valence-corrected chi connectivity index (χ0v) is 19.3. The number of amides is 1. The van der Waals surface area contributed by atoms with Crippen LogP contribution in [-0.2, 0) is 12.7 Å². The van der Waals surface area contributed by atoms with Gasteiger partial charge in [-0.15, -0.1) is 5.10 Å². The molecular formula is C21H13ClF3N9O3. The van der Waals surface area contributed by atoms with Crippen LogP contribution in [0.4, 0.5) is 18.9 Å². The van der Waals surface area contributed by atoms with Gasteiger partial charge in [0.1, 0.15) is 5.69 Å². The highest BCUT2D eigenvalue weighted by molar-refractivity contribution is 6.32. The third-order valence-electron chi connectivity index (χ3n) is 4.96. The van der Waals surface area contributed by atoms with Gasteiger partial charge < -0.3 is 10.4 Å². The van der Waals surface area contributed by atoms with Crippen molar-refractivity contribution in [2.24, 2.45) is 0 Å². The van der Waals surface area contributed by atoms with Crippen LogP contribution in [0.25, 0.3) is 5.82 Å². The molecule has 0 unspecified atom stereocenters. The first-order valence-electron chi connectivity index (χ1n) is 10.1. The fourth-order valence-electron chi connectivity index (χ4n) is 3.40. The Labute approximate surface area is 209 Å². The molecule has 0 aliphatic carbocycles. The summed E-state index contributed by atoms with van der Waals surface area (Å²) in [5.74, 6) is -3.65. The van der Waals surface area contributed by atoms with Gasteiger partial charge in [0.2, 0.25) is 0 Å². The number of carboxylic acid groups (broad SMARTS) is 1. The lowest BCUT2D eigenvalue weighted by Crippen LogP contribution is -2.20. The molecule has 0 saturated carbocycles. The standard InChI is InChI=1S/C21H13ClF3N9O3/c1-10-5-11(8-26)6-13(19(36)37)16(10)28-18(35)15-7-12(9-33-20(21(23,24)25)29-31-32-33)30-34(15)17-14(22)3-2-4-27-17/h2-7H,9H2,1H3,(H,28,35)(H,36,37). The molecule has 188 valence electrons. The molecule has 1 aromatic carbocycles. The minimum atomic E-state index is -4.84. The van der Waals surface area contributed by atoms with E-state index >= 15 is 0 Å². The number of pyridine rings is 1. The minimum absolute atomic E-state index is 0.0108. The number of hydrogen-bond donors (Lipinski definition) is 2. The number of aryl methyl sites for hydroxylation is 1. The summed E-state index contributed by atoms with van der Waals surface area (Å²) in [6.07, 6.45) is -3.47. The number of rotatable bonds is 6. The second-order valence-electron chi connectivity index (χ2n) is 7.49. The van der Waals surface area contributed by atoms with E-state index < -0.39 is 30.4 Å². The molecule has 0 atom stereocenters. The van der Waals surface area contributed by atoms with Crippen LogP contribution in [0.5, 0.6) is 0 Å². The van der Waals surface area contributed by atoms with Crippen molar-refractivity contribution in [1.29, 1.82) is 5.26 Å². The fourth-order valence-corrected chi connectivity index (χ4v) is 3.60. The molecule has 3 aromatic heterocycles. The lowest BCUT2D eigenvalue weighted by atomic mass is 10.0. The number of aromatic nitrogens is 7. The van der Waals surface area contributed by atoms with Crippen molar-refractivity contribution in [2.45, 2.75) is 19.6 Å². The van der Waals surface area contributed by atoms with E-state index in [1.54, 1.807) is 0 Å². The van der Waals surface area contributed by atoms with Crippen LogP contribution in [0.3, 0.4) is 0 Å². The van der Waals surface area contributed by atoms with Crippen LogP contribution in [0, 0.1) is 18.3 Å². The van der Waals surface area contributed by atoms with E-state index in [1.807, 2.05) is 6.07 Å². The summed E-state index contributed by atoms with van der Waals surface area (Å²) >= 11 is 6.21. The first-order valence-corrected chi connectivity index (χ1v) is 10.5. The second kappa shape index (κ2) is 9.66. The molecule has 0 bridgehead atoms. The number of carbonyl (C=O) groups is 2. The van der Waals surface area contributed by atoms with E-state index in [1.165, 1.54) is 37.4 Å². The van der Waals surface area contributed by atoms with Gasteiger partial charge in [0.25, 0.3) is 11.7 Å². The largest absolute Gasteiger partial charge is 0.478 e. The topological polar surface area (TPSA) is 164 Å². The van der Waals surface area contributed by atoms with Crippen LogP contribution >= 0.6 is 11.6 Å². The van der Waals surface area contributed by atoms with Gasteiger partial charge in [-0.25, -0.2) is 19.1 Å². The monoisotopic (exact) mass is 531 g/mol. The van der Waals surface area contributed by atoms with Crippen molar-refractivity contribution >= 4 is 29.2 Å². The normalized spacial score (nSPS) is 11.2. The maximum atomic E-state index is 13.3. The predicted octanol–water partition coefficient (Wildman–Crippen LogP) is 3.10. The number of nitrogens with zero attached hydrogens (tertiary/aromatic N) is 8. The quantitative estimate of drug-likeness (QED) is 0.380. The van der Waals surface area contributed by atoms with Gasteiger partial charge in [0.05, 0.1) is 40.1 Å².